The Bertz CT molecular complexity index is 515. The minimum atomic E-state index is -3.49. The van der Waals surface area contributed by atoms with Crippen molar-refractivity contribution in [1.82, 2.24) is 4.72 Å². The summed E-state index contributed by atoms with van der Waals surface area (Å²) in [6.07, 6.45) is 1.72. The number of benzene rings is 1. The van der Waals surface area contributed by atoms with Gasteiger partial charge < -0.3 is 11.1 Å². The Labute approximate surface area is 122 Å². The maximum absolute atomic E-state index is 12.2. The molecule has 20 heavy (non-hydrogen) atoms. The van der Waals surface area contributed by atoms with Crippen molar-refractivity contribution in [3.8, 4) is 0 Å². The molecule has 1 unspecified atom stereocenters. The van der Waals surface area contributed by atoms with Gasteiger partial charge in [0.15, 0.2) is 0 Å². The van der Waals surface area contributed by atoms with Gasteiger partial charge in [0.1, 0.15) is 4.90 Å². The second kappa shape index (κ2) is 7.61. The monoisotopic (exact) mass is 299 g/mol. The Morgan fingerprint density at radius 1 is 1.25 bits per heavy atom. The van der Waals surface area contributed by atoms with Crippen molar-refractivity contribution in [2.24, 2.45) is 5.73 Å². The highest BCUT2D eigenvalue weighted by Gasteiger charge is 2.18. The van der Waals surface area contributed by atoms with Gasteiger partial charge in [-0.3, -0.25) is 0 Å². The number of sulfonamides is 1. The highest BCUT2D eigenvalue weighted by molar-refractivity contribution is 7.89. The molecule has 6 heteroatoms. The third kappa shape index (κ3) is 5.11. The highest BCUT2D eigenvalue weighted by atomic mass is 32.2. The number of nitrogens with two attached hydrogens (primary N) is 1. The number of anilines is 1. The van der Waals surface area contributed by atoms with Gasteiger partial charge in [-0.25, -0.2) is 13.1 Å². The van der Waals surface area contributed by atoms with E-state index in [1.807, 2.05) is 13.0 Å². The third-order valence-corrected chi connectivity index (χ3v) is 4.64. The average Bonchev–Trinajstić information content (AvgIpc) is 2.37. The first-order valence-electron chi connectivity index (χ1n) is 6.97. The lowest BCUT2D eigenvalue weighted by atomic mass is 10.2. The van der Waals surface area contributed by atoms with E-state index in [9.17, 15) is 8.42 Å². The fraction of sp³-hybridized carbons (Fsp3) is 0.571. The molecule has 0 aliphatic carbocycles. The predicted molar refractivity (Wildman–Crippen MR) is 83.3 cm³/mol. The van der Waals surface area contributed by atoms with Crippen molar-refractivity contribution in [1.29, 1.82) is 0 Å². The van der Waals surface area contributed by atoms with E-state index in [4.69, 9.17) is 5.73 Å². The lowest BCUT2D eigenvalue weighted by molar-refractivity contribution is 0.570. The minimum Gasteiger partial charge on any atom is -0.384 e. The van der Waals surface area contributed by atoms with Crippen LogP contribution in [0.4, 0.5) is 5.69 Å². The van der Waals surface area contributed by atoms with E-state index in [-0.39, 0.29) is 17.0 Å². The first kappa shape index (κ1) is 16.9. The second-order valence-corrected chi connectivity index (χ2v) is 6.84. The fourth-order valence-corrected chi connectivity index (χ4v) is 3.25. The van der Waals surface area contributed by atoms with Crippen molar-refractivity contribution in [2.75, 3.05) is 11.9 Å². The zero-order valence-electron chi connectivity index (χ0n) is 12.4. The number of nitrogens with one attached hydrogen (secondary N) is 2. The molecule has 0 saturated heterocycles. The largest absolute Gasteiger partial charge is 0.384 e. The molecule has 0 amide bonds. The smallest absolute Gasteiger partial charge is 0.242 e. The van der Waals surface area contributed by atoms with Crippen LogP contribution in [-0.4, -0.2) is 27.0 Å². The fourth-order valence-electron chi connectivity index (χ4n) is 1.82. The van der Waals surface area contributed by atoms with Gasteiger partial charge in [0.05, 0.1) is 5.69 Å². The van der Waals surface area contributed by atoms with Crippen LogP contribution in [0.1, 0.15) is 33.6 Å². The molecule has 0 fully saturated rings. The Balaban J connectivity index is 2.83. The second-order valence-electron chi connectivity index (χ2n) is 5.16. The van der Waals surface area contributed by atoms with Gasteiger partial charge in [0, 0.05) is 18.6 Å². The summed E-state index contributed by atoms with van der Waals surface area (Å²) < 4.78 is 27.1. The number of rotatable bonds is 8. The molecule has 1 atom stereocenters. The quantitative estimate of drug-likeness (QED) is 0.684. The molecule has 5 nitrogen and oxygen atoms in total. The topological polar surface area (TPSA) is 84.2 Å². The molecule has 0 aliphatic heterocycles. The normalized spacial score (nSPS) is 13.4. The Kier molecular flexibility index (Phi) is 6.45. The summed E-state index contributed by atoms with van der Waals surface area (Å²) >= 11 is 0. The van der Waals surface area contributed by atoms with Crippen molar-refractivity contribution in [3.05, 3.63) is 24.3 Å². The summed E-state index contributed by atoms with van der Waals surface area (Å²) in [5.41, 5.74) is 6.47. The molecule has 4 N–H and O–H groups in total. The predicted octanol–water partition coefficient (Wildman–Crippen LogP) is 1.91. The maximum Gasteiger partial charge on any atom is 0.242 e. The van der Waals surface area contributed by atoms with Crippen molar-refractivity contribution >= 4 is 15.7 Å². The van der Waals surface area contributed by atoms with Crippen LogP contribution in [0.2, 0.25) is 0 Å². The van der Waals surface area contributed by atoms with Gasteiger partial charge in [0.2, 0.25) is 10.0 Å². The third-order valence-electron chi connectivity index (χ3n) is 2.92. The van der Waals surface area contributed by atoms with E-state index in [2.05, 4.69) is 10.0 Å². The molecule has 1 rings (SSSR count). The van der Waals surface area contributed by atoms with Crippen LogP contribution in [-0.2, 0) is 10.0 Å². The first-order chi connectivity index (χ1) is 9.36. The first-order valence-corrected chi connectivity index (χ1v) is 8.46. The number of para-hydroxylation sites is 1. The average molecular weight is 299 g/mol. The van der Waals surface area contributed by atoms with Crippen LogP contribution in [0, 0.1) is 0 Å². The van der Waals surface area contributed by atoms with Crippen LogP contribution in [0.15, 0.2) is 29.2 Å². The molecule has 0 aliphatic rings. The van der Waals surface area contributed by atoms with Gasteiger partial charge in [-0.2, -0.15) is 0 Å². The number of hydrogen-bond acceptors (Lipinski definition) is 4. The van der Waals surface area contributed by atoms with Gasteiger partial charge in [-0.05, 0) is 38.8 Å². The zero-order valence-corrected chi connectivity index (χ0v) is 13.2. The molecule has 0 bridgehead atoms. The molecule has 0 saturated carbocycles. The summed E-state index contributed by atoms with van der Waals surface area (Å²) in [5, 5.41) is 3.16. The molecule has 1 aromatic rings. The van der Waals surface area contributed by atoms with E-state index < -0.39 is 10.0 Å². The van der Waals surface area contributed by atoms with E-state index in [1.54, 1.807) is 32.0 Å². The molecule has 0 spiro atoms. The van der Waals surface area contributed by atoms with E-state index in [0.717, 1.165) is 12.8 Å². The Morgan fingerprint density at radius 3 is 2.50 bits per heavy atom. The molecular formula is C14H25N3O2S. The standard InChI is InChI=1S/C14H25N3O2S/c1-4-12(15)9-10-16-13-7-5-6-8-14(13)20(18,19)17-11(2)3/h5-8,11-12,16-17H,4,9-10,15H2,1-3H3. The molecule has 114 valence electrons. The van der Waals surface area contributed by atoms with E-state index >= 15 is 0 Å². The molecule has 0 aromatic heterocycles. The van der Waals surface area contributed by atoms with Crippen LogP contribution < -0.4 is 15.8 Å². The summed E-state index contributed by atoms with van der Waals surface area (Å²) in [4.78, 5) is 0.277. The molecule has 1 aromatic carbocycles. The van der Waals surface area contributed by atoms with Crippen molar-refractivity contribution in [3.63, 3.8) is 0 Å². The van der Waals surface area contributed by atoms with Crippen LogP contribution in [0.25, 0.3) is 0 Å². The Morgan fingerprint density at radius 2 is 1.90 bits per heavy atom. The van der Waals surface area contributed by atoms with Gasteiger partial charge >= 0.3 is 0 Å². The maximum atomic E-state index is 12.2. The minimum absolute atomic E-state index is 0.137. The van der Waals surface area contributed by atoms with Gasteiger partial charge in [-0.1, -0.05) is 19.1 Å². The van der Waals surface area contributed by atoms with Crippen molar-refractivity contribution in [2.45, 2.75) is 50.6 Å². The van der Waals surface area contributed by atoms with Crippen LogP contribution >= 0.6 is 0 Å². The van der Waals surface area contributed by atoms with Crippen molar-refractivity contribution < 1.29 is 8.42 Å². The zero-order chi connectivity index (χ0) is 15.2. The van der Waals surface area contributed by atoms with Crippen LogP contribution in [0.3, 0.4) is 0 Å². The highest BCUT2D eigenvalue weighted by Crippen LogP contribution is 2.21. The molecule has 0 radical (unpaired) electrons. The van der Waals surface area contributed by atoms with Gasteiger partial charge in [-0.15, -0.1) is 0 Å². The SMILES string of the molecule is CCC(N)CCNc1ccccc1S(=O)(=O)NC(C)C. The summed E-state index contributed by atoms with van der Waals surface area (Å²) in [5.74, 6) is 0. The number of hydrogen-bond donors (Lipinski definition) is 3. The van der Waals surface area contributed by atoms with E-state index in [1.165, 1.54) is 0 Å². The lowest BCUT2D eigenvalue weighted by Gasteiger charge is -2.15. The van der Waals surface area contributed by atoms with E-state index in [0.29, 0.717) is 12.2 Å². The molecular weight excluding hydrogens is 274 g/mol. The van der Waals surface area contributed by atoms with Gasteiger partial charge in [0.25, 0.3) is 0 Å². The lowest BCUT2D eigenvalue weighted by Crippen LogP contribution is -2.31. The summed E-state index contributed by atoms with van der Waals surface area (Å²) in [6.45, 7) is 6.29. The summed E-state index contributed by atoms with van der Waals surface area (Å²) in [7, 11) is -3.49. The Hall–Kier alpha value is -1.11. The molecule has 0 heterocycles. The summed E-state index contributed by atoms with van der Waals surface area (Å²) in [6, 6.07) is 6.91. The van der Waals surface area contributed by atoms with Crippen LogP contribution in [0.5, 0.6) is 0 Å².